The summed E-state index contributed by atoms with van der Waals surface area (Å²) in [5.41, 5.74) is 0.520. The Morgan fingerprint density at radius 2 is 0.939 bits per heavy atom. The summed E-state index contributed by atoms with van der Waals surface area (Å²) in [6.07, 6.45) is 28.1. The van der Waals surface area contributed by atoms with Gasteiger partial charge in [0, 0.05) is 0 Å². The molecular formula is C29H58BrO2P. The normalized spacial score (nSPS) is 12.9. The molecule has 0 atom stereocenters. The maximum atomic E-state index is 12.4. The average molecular weight is 550 g/mol. The van der Waals surface area contributed by atoms with Gasteiger partial charge in [-0.1, -0.05) is 0 Å². The Kier molecular flexibility index (Phi) is 20.4. The second-order valence-corrected chi connectivity index (χ2v) is 21.9. The monoisotopic (exact) mass is 548 g/mol. The van der Waals surface area contributed by atoms with Gasteiger partial charge in [-0.2, -0.15) is 0 Å². The summed E-state index contributed by atoms with van der Waals surface area (Å²) in [6.45, 7) is 12.4. The summed E-state index contributed by atoms with van der Waals surface area (Å²) >= 11 is 4.44. The van der Waals surface area contributed by atoms with Gasteiger partial charge in [-0.3, -0.25) is 0 Å². The average Bonchev–Trinajstić information content (AvgIpc) is 2.79. The molecular weight excluding hydrogens is 491 g/mol. The quantitative estimate of drug-likeness (QED) is 0.0518. The third kappa shape index (κ3) is 17.2. The van der Waals surface area contributed by atoms with Crippen LogP contribution in [-0.4, -0.2) is 30.8 Å². The van der Waals surface area contributed by atoms with Crippen molar-refractivity contribution in [3.05, 3.63) is 12.2 Å². The van der Waals surface area contributed by atoms with Crippen LogP contribution in [-0.2, 0) is 9.53 Å². The maximum absolute atomic E-state index is 12.4. The number of ether oxygens (including phenoxy) is 1. The van der Waals surface area contributed by atoms with Gasteiger partial charge in [-0.05, 0) is 0 Å². The van der Waals surface area contributed by atoms with Crippen molar-refractivity contribution in [1.29, 1.82) is 0 Å². The van der Waals surface area contributed by atoms with Gasteiger partial charge in [0.05, 0.1) is 0 Å². The van der Waals surface area contributed by atoms with Gasteiger partial charge in [-0.15, -0.1) is 0 Å². The Labute approximate surface area is 216 Å². The predicted molar refractivity (Wildman–Crippen MR) is 156 cm³/mol. The minimum absolute atomic E-state index is 0.211. The molecule has 0 heterocycles. The number of carbonyl (C=O) groups excluding carboxylic acids is 1. The molecule has 0 amide bonds. The topological polar surface area (TPSA) is 26.3 Å². The molecule has 0 aromatic carbocycles. The van der Waals surface area contributed by atoms with E-state index in [1.165, 1.54) is 134 Å². The molecule has 0 radical (unpaired) electrons. The van der Waals surface area contributed by atoms with Crippen molar-refractivity contribution >= 4 is 26.8 Å². The molecule has 0 bridgehead atoms. The number of hydrogen-bond acceptors (Lipinski definition) is 2. The molecule has 0 aliphatic carbocycles. The molecule has 0 fully saturated rings. The molecule has 0 rings (SSSR count). The van der Waals surface area contributed by atoms with Crippen molar-refractivity contribution in [2.45, 2.75) is 143 Å². The SMILES string of the molecule is C=C(C)C(=O)OCP(Br)(CCCCCCCC)(CCCCCCCC)CCCCCCCC. The molecule has 0 spiro atoms. The van der Waals surface area contributed by atoms with Gasteiger partial charge in [0.15, 0.2) is 0 Å². The summed E-state index contributed by atoms with van der Waals surface area (Å²) in [5.74, 6) is -0.211. The molecule has 2 nitrogen and oxygen atoms in total. The number of halogens is 1. The zero-order valence-corrected chi connectivity index (χ0v) is 25.4. The van der Waals surface area contributed by atoms with Crippen LogP contribution in [0.3, 0.4) is 0 Å². The molecule has 198 valence electrons. The first kappa shape index (κ1) is 33.1. The summed E-state index contributed by atoms with van der Waals surface area (Å²) < 4.78 is 5.93. The zero-order chi connectivity index (χ0) is 24.9. The van der Waals surface area contributed by atoms with Gasteiger partial charge in [0.25, 0.3) is 0 Å². The van der Waals surface area contributed by atoms with Crippen LogP contribution in [0.25, 0.3) is 0 Å². The van der Waals surface area contributed by atoms with Gasteiger partial charge in [0.1, 0.15) is 0 Å². The van der Waals surface area contributed by atoms with Crippen molar-refractivity contribution in [2.75, 3.05) is 24.8 Å². The van der Waals surface area contributed by atoms with Crippen LogP contribution in [0, 0.1) is 0 Å². The van der Waals surface area contributed by atoms with Crippen molar-refractivity contribution in [2.24, 2.45) is 0 Å². The Morgan fingerprint density at radius 1 is 0.636 bits per heavy atom. The number of rotatable bonds is 24. The standard InChI is InChI=1S/C29H58BrO2P/c1-6-9-12-15-18-21-24-33(30,27-32-29(31)28(4)5,25-22-19-16-13-10-7-2)26-23-20-17-14-11-8-3/h4,6-27H2,1-3,5H3. The number of hydrogen-bond donors (Lipinski definition) is 0. The van der Waals surface area contributed by atoms with E-state index in [1.807, 2.05) is 0 Å². The van der Waals surface area contributed by atoms with Crippen LogP contribution >= 0.6 is 20.8 Å². The molecule has 0 unspecified atom stereocenters. The van der Waals surface area contributed by atoms with Crippen molar-refractivity contribution in [3.8, 4) is 0 Å². The third-order valence-corrected chi connectivity index (χ3v) is 16.0. The van der Waals surface area contributed by atoms with Crippen LogP contribution in [0.4, 0.5) is 0 Å². The number of carbonyl (C=O) groups is 1. The number of esters is 1. The first-order chi connectivity index (χ1) is 15.8. The fourth-order valence-electron chi connectivity index (χ4n) is 4.73. The summed E-state index contributed by atoms with van der Waals surface area (Å²) in [7, 11) is 0. The van der Waals surface area contributed by atoms with Gasteiger partial charge < -0.3 is 0 Å². The molecule has 0 N–H and O–H groups in total. The molecule has 0 aliphatic heterocycles. The first-order valence-corrected chi connectivity index (χ1v) is 19.4. The van der Waals surface area contributed by atoms with Crippen LogP contribution < -0.4 is 0 Å². The molecule has 4 heteroatoms. The van der Waals surface area contributed by atoms with E-state index in [1.54, 1.807) is 6.92 Å². The first-order valence-electron chi connectivity index (χ1n) is 14.4. The summed E-state index contributed by atoms with van der Waals surface area (Å²) in [4.78, 5) is 12.4. The number of unbranched alkanes of at least 4 members (excludes halogenated alkanes) is 15. The van der Waals surface area contributed by atoms with Crippen molar-refractivity contribution in [1.82, 2.24) is 0 Å². The van der Waals surface area contributed by atoms with Gasteiger partial charge in [-0.25, -0.2) is 0 Å². The van der Waals surface area contributed by atoms with E-state index in [4.69, 9.17) is 4.74 Å². The fourth-order valence-corrected chi connectivity index (χ4v) is 11.8. The molecule has 0 saturated carbocycles. The van der Waals surface area contributed by atoms with Crippen LogP contribution in [0.15, 0.2) is 12.2 Å². The fraction of sp³-hybridized carbons (Fsp3) is 0.897. The minimum atomic E-state index is -2.28. The van der Waals surface area contributed by atoms with Gasteiger partial charge in [0.2, 0.25) is 0 Å². The van der Waals surface area contributed by atoms with Gasteiger partial charge >= 0.3 is 217 Å². The van der Waals surface area contributed by atoms with E-state index in [0.29, 0.717) is 11.9 Å². The van der Waals surface area contributed by atoms with Crippen LogP contribution in [0.1, 0.15) is 143 Å². The second kappa shape index (κ2) is 20.3. The van der Waals surface area contributed by atoms with Crippen LogP contribution in [0.5, 0.6) is 0 Å². The molecule has 0 aromatic heterocycles. The third-order valence-electron chi connectivity index (χ3n) is 7.08. The second-order valence-electron chi connectivity index (χ2n) is 10.6. The Balaban J connectivity index is 5.18. The zero-order valence-electron chi connectivity index (χ0n) is 22.9. The van der Waals surface area contributed by atoms with Crippen molar-refractivity contribution < 1.29 is 9.53 Å². The Bertz CT molecular complexity index is 462. The van der Waals surface area contributed by atoms with E-state index in [0.717, 1.165) is 0 Å². The van der Waals surface area contributed by atoms with E-state index in [2.05, 4.69) is 42.8 Å². The van der Waals surface area contributed by atoms with Crippen molar-refractivity contribution in [3.63, 3.8) is 0 Å². The van der Waals surface area contributed by atoms with E-state index >= 15 is 0 Å². The Morgan fingerprint density at radius 3 is 1.24 bits per heavy atom. The summed E-state index contributed by atoms with van der Waals surface area (Å²) in [5, 5.41) is -2.28. The summed E-state index contributed by atoms with van der Waals surface area (Å²) in [6, 6.07) is 0. The molecule has 0 saturated heterocycles. The van der Waals surface area contributed by atoms with E-state index < -0.39 is 5.31 Å². The Hall–Kier alpha value is 0.120. The van der Waals surface area contributed by atoms with E-state index in [9.17, 15) is 4.79 Å². The molecule has 0 aliphatic rings. The molecule has 0 aromatic rings. The van der Waals surface area contributed by atoms with Crippen LogP contribution in [0.2, 0.25) is 0 Å². The van der Waals surface area contributed by atoms with E-state index in [-0.39, 0.29) is 5.97 Å². The molecule has 33 heavy (non-hydrogen) atoms. The predicted octanol–water partition coefficient (Wildman–Crippen LogP) is 11.0.